The fourth-order valence-electron chi connectivity index (χ4n) is 3.50. The highest BCUT2D eigenvalue weighted by Gasteiger charge is 2.48. The van der Waals surface area contributed by atoms with E-state index in [2.05, 4.69) is 21.7 Å². The third-order valence-corrected chi connectivity index (χ3v) is 6.14. The van der Waals surface area contributed by atoms with E-state index in [0.29, 0.717) is 23.9 Å². The number of anilines is 1. The van der Waals surface area contributed by atoms with Crippen LogP contribution in [0.4, 0.5) is 5.69 Å². The molecule has 0 bridgehead atoms. The molecule has 0 spiro atoms. The molecule has 0 aromatic heterocycles. The molecule has 3 aliphatic rings. The number of nitrogens with two attached hydrogens (primary N) is 1. The number of sulfone groups is 1. The summed E-state index contributed by atoms with van der Waals surface area (Å²) < 4.78 is 28.9. The molecule has 1 unspecified atom stereocenters. The average molecular weight is 374 g/mol. The van der Waals surface area contributed by atoms with Gasteiger partial charge in [-0.15, -0.1) is 0 Å². The van der Waals surface area contributed by atoms with Crippen LogP contribution < -0.4 is 21.1 Å². The lowest BCUT2D eigenvalue weighted by Gasteiger charge is -2.35. The first-order valence-corrected chi connectivity index (χ1v) is 10.4. The predicted molar refractivity (Wildman–Crippen MR) is 101 cm³/mol. The summed E-state index contributed by atoms with van der Waals surface area (Å²) in [7, 11) is -1.79. The SMILES string of the molecule is COc1cc(S(C)(=O)=O)ccc1NC1=CC(N)(C2CC2)C2=CCN=C2N1. The number of nitrogens with one attached hydrogen (secondary N) is 2. The van der Waals surface area contributed by atoms with E-state index in [1.165, 1.54) is 19.4 Å². The summed E-state index contributed by atoms with van der Waals surface area (Å²) in [6.07, 6.45) is 7.47. The van der Waals surface area contributed by atoms with Crippen LogP contribution in [0.5, 0.6) is 5.75 Å². The van der Waals surface area contributed by atoms with Gasteiger partial charge in [0.1, 0.15) is 17.4 Å². The van der Waals surface area contributed by atoms with Gasteiger partial charge < -0.3 is 21.1 Å². The fraction of sp³-hybridized carbons (Fsp3) is 0.389. The molecule has 8 heteroatoms. The zero-order chi connectivity index (χ0) is 18.5. The number of fused-ring (bicyclic) bond motifs is 1. The number of hydrogen-bond donors (Lipinski definition) is 3. The van der Waals surface area contributed by atoms with Crippen LogP contribution in [-0.4, -0.2) is 39.7 Å². The number of ether oxygens (including phenoxy) is 1. The Morgan fingerprint density at radius 1 is 1.38 bits per heavy atom. The van der Waals surface area contributed by atoms with Gasteiger partial charge in [-0.1, -0.05) is 6.08 Å². The van der Waals surface area contributed by atoms with Crippen molar-refractivity contribution < 1.29 is 13.2 Å². The molecular weight excluding hydrogens is 352 g/mol. The molecule has 1 fully saturated rings. The van der Waals surface area contributed by atoms with Crippen molar-refractivity contribution in [3.8, 4) is 5.75 Å². The molecular formula is C18H22N4O3S. The Labute approximate surface area is 152 Å². The third-order valence-electron chi connectivity index (χ3n) is 5.03. The Hall–Kier alpha value is -2.32. The van der Waals surface area contributed by atoms with Crippen LogP contribution in [0.3, 0.4) is 0 Å². The van der Waals surface area contributed by atoms with Crippen molar-refractivity contribution >= 4 is 21.4 Å². The second-order valence-corrected chi connectivity index (χ2v) is 8.97. The molecule has 4 rings (SSSR count). The minimum Gasteiger partial charge on any atom is -0.495 e. The highest BCUT2D eigenvalue weighted by atomic mass is 32.2. The minimum absolute atomic E-state index is 0.210. The van der Waals surface area contributed by atoms with E-state index in [0.717, 1.165) is 30.1 Å². The molecule has 1 aliphatic carbocycles. The van der Waals surface area contributed by atoms with Crippen LogP contribution in [0.15, 0.2) is 51.6 Å². The standard InChI is InChI=1S/C18H22N4O3S/c1-25-15-9-12(26(2,23)24)5-6-14(15)21-16-10-18(19,11-3-4-11)13-7-8-20-17(13)22-16/h5-7,9-11,21H,3-4,8,19H2,1-2H3,(H,20,22). The molecule has 26 heavy (non-hydrogen) atoms. The number of nitrogens with zero attached hydrogens (tertiary/aromatic N) is 1. The summed E-state index contributed by atoms with van der Waals surface area (Å²) in [5.41, 5.74) is 7.92. The second-order valence-electron chi connectivity index (χ2n) is 6.96. The quantitative estimate of drug-likeness (QED) is 0.719. The molecule has 138 valence electrons. The number of hydrogen-bond acceptors (Lipinski definition) is 7. The van der Waals surface area contributed by atoms with E-state index >= 15 is 0 Å². The first-order chi connectivity index (χ1) is 12.3. The molecule has 1 saturated carbocycles. The summed E-state index contributed by atoms with van der Waals surface area (Å²) >= 11 is 0. The van der Waals surface area contributed by atoms with E-state index in [9.17, 15) is 8.42 Å². The van der Waals surface area contributed by atoms with E-state index in [4.69, 9.17) is 10.5 Å². The summed E-state index contributed by atoms with van der Waals surface area (Å²) in [5, 5.41) is 6.55. The largest absolute Gasteiger partial charge is 0.495 e. The van der Waals surface area contributed by atoms with Gasteiger partial charge in [0, 0.05) is 17.9 Å². The lowest BCUT2D eigenvalue weighted by molar-refractivity contribution is 0.415. The van der Waals surface area contributed by atoms with Crippen LogP contribution in [0.1, 0.15) is 12.8 Å². The van der Waals surface area contributed by atoms with E-state index < -0.39 is 15.4 Å². The minimum atomic E-state index is -3.30. The zero-order valence-corrected chi connectivity index (χ0v) is 15.6. The van der Waals surface area contributed by atoms with Crippen LogP contribution in [0.25, 0.3) is 0 Å². The number of methoxy groups -OCH3 is 1. The summed E-state index contributed by atoms with van der Waals surface area (Å²) in [6, 6.07) is 4.75. The van der Waals surface area contributed by atoms with Crippen LogP contribution in [0, 0.1) is 5.92 Å². The average Bonchev–Trinajstić information content (AvgIpc) is 3.34. The second kappa shape index (κ2) is 5.85. The van der Waals surface area contributed by atoms with Crippen molar-refractivity contribution in [1.29, 1.82) is 0 Å². The van der Waals surface area contributed by atoms with Crippen molar-refractivity contribution in [3.63, 3.8) is 0 Å². The van der Waals surface area contributed by atoms with Gasteiger partial charge in [-0.05, 0) is 37.0 Å². The fourth-order valence-corrected chi connectivity index (χ4v) is 4.13. The van der Waals surface area contributed by atoms with Crippen molar-refractivity contribution in [3.05, 3.63) is 41.7 Å². The van der Waals surface area contributed by atoms with E-state index in [1.807, 2.05) is 6.08 Å². The number of benzene rings is 1. The van der Waals surface area contributed by atoms with Crippen LogP contribution in [0.2, 0.25) is 0 Å². The van der Waals surface area contributed by atoms with Crippen molar-refractivity contribution in [1.82, 2.24) is 5.32 Å². The van der Waals surface area contributed by atoms with Gasteiger partial charge in [0.15, 0.2) is 9.84 Å². The van der Waals surface area contributed by atoms with Gasteiger partial charge in [-0.25, -0.2) is 8.42 Å². The monoisotopic (exact) mass is 374 g/mol. The summed E-state index contributed by atoms with van der Waals surface area (Å²) in [6.45, 7) is 0.636. The normalized spacial score (nSPS) is 24.8. The Bertz CT molecular complexity index is 961. The molecule has 2 heterocycles. The van der Waals surface area contributed by atoms with Gasteiger partial charge in [0.25, 0.3) is 0 Å². The van der Waals surface area contributed by atoms with Crippen LogP contribution in [-0.2, 0) is 9.84 Å². The molecule has 4 N–H and O–H groups in total. The van der Waals surface area contributed by atoms with Gasteiger partial charge >= 0.3 is 0 Å². The maximum atomic E-state index is 11.8. The highest BCUT2D eigenvalue weighted by Crippen LogP contribution is 2.45. The Balaban J connectivity index is 1.68. The van der Waals surface area contributed by atoms with Crippen molar-refractivity contribution in [2.75, 3.05) is 25.2 Å². The van der Waals surface area contributed by atoms with E-state index in [1.54, 1.807) is 12.1 Å². The first-order valence-electron chi connectivity index (χ1n) is 8.50. The van der Waals surface area contributed by atoms with Gasteiger partial charge in [-0.2, -0.15) is 0 Å². The number of amidine groups is 1. The molecule has 2 aliphatic heterocycles. The Kier molecular flexibility index (Phi) is 3.85. The molecule has 7 nitrogen and oxygen atoms in total. The molecule has 1 aromatic carbocycles. The van der Waals surface area contributed by atoms with Gasteiger partial charge in [0.2, 0.25) is 0 Å². The molecule has 0 radical (unpaired) electrons. The summed E-state index contributed by atoms with van der Waals surface area (Å²) in [4.78, 5) is 4.70. The zero-order valence-electron chi connectivity index (χ0n) is 14.7. The number of aliphatic imine (C=N–C) groups is 1. The van der Waals surface area contributed by atoms with E-state index in [-0.39, 0.29) is 4.90 Å². The summed E-state index contributed by atoms with van der Waals surface area (Å²) in [5.74, 6) is 2.39. The Morgan fingerprint density at radius 2 is 2.15 bits per heavy atom. The predicted octanol–water partition coefficient (Wildman–Crippen LogP) is 1.40. The van der Waals surface area contributed by atoms with Crippen molar-refractivity contribution in [2.45, 2.75) is 23.3 Å². The van der Waals surface area contributed by atoms with Gasteiger partial charge in [-0.3, -0.25) is 4.99 Å². The maximum Gasteiger partial charge on any atom is 0.175 e. The molecule has 0 saturated heterocycles. The van der Waals surface area contributed by atoms with Gasteiger partial charge in [0.05, 0.1) is 29.8 Å². The lowest BCUT2D eigenvalue weighted by atomic mass is 9.82. The molecule has 1 aromatic rings. The highest BCUT2D eigenvalue weighted by molar-refractivity contribution is 7.90. The lowest BCUT2D eigenvalue weighted by Crippen LogP contribution is -2.52. The smallest absolute Gasteiger partial charge is 0.175 e. The topological polar surface area (TPSA) is 106 Å². The third kappa shape index (κ3) is 2.89. The Morgan fingerprint density at radius 3 is 2.81 bits per heavy atom. The molecule has 1 atom stereocenters. The van der Waals surface area contributed by atoms with Crippen molar-refractivity contribution in [2.24, 2.45) is 16.6 Å². The maximum absolute atomic E-state index is 11.8. The first kappa shape index (κ1) is 17.1. The van der Waals surface area contributed by atoms with Crippen LogP contribution >= 0.6 is 0 Å². The number of rotatable bonds is 5. The molecule has 0 amide bonds.